The molecule has 132 valence electrons. The van der Waals surface area contributed by atoms with Crippen LogP contribution in [0.4, 0.5) is 0 Å². The molecule has 2 rings (SSSR count). The molecule has 1 aromatic rings. The molecule has 0 radical (unpaired) electrons. The molecule has 1 aromatic carbocycles. The number of hydrogen-bond acceptors (Lipinski definition) is 3. The molecule has 1 fully saturated rings. The second kappa shape index (κ2) is 9.99. The molecule has 0 spiro atoms. The molecule has 0 bridgehead atoms. The van der Waals surface area contributed by atoms with Crippen LogP contribution >= 0.6 is 28.1 Å². The molecule has 2 N–H and O–H groups in total. The Bertz CT molecular complexity index is 572. The third kappa shape index (κ3) is 6.06. The minimum absolute atomic E-state index is 0.242. The van der Waals surface area contributed by atoms with Crippen molar-refractivity contribution in [3.8, 4) is 5.75 Å². The number of carbonyl (C=O) groups excluding carboxylic acids is 1. The lowest BCUT2D eigenvalue weighted by atomic mass is 10.1. The molecule has 4 nitrogen and oxygen atoms in total. The molecule has 6 heteroatoms. The van der Waals surface area contributed by atoms with E-state index in [1.54, 1.807) is 12.1 Å². The van der Waals surface area contributed by atoms with Crippen LogP contribution in [0.25, 0.3) is 0 Å². The average Bonchev–Trinajstić information content (AvgIpc) is 2.82. The summed E-state index contributed by atoms with van der Waals surface area (Å²) in [6.45, 7) is 2.61. The van der Waals surface area contributed by atoms with E-state index < -0.39 is 0 Å². The van der Waals surface area contributed by atoms with Crippen LogP contribution in [-0.4, -0.2) is 23.7 Å². The van der Waals surface area contributed by atoms with E-state index in [1.807, 2.05) is 13.0 Å². The number of nitrogens with one attached hydrogen (secondary N) is 2. The molecule has 0 heterocycles. The maximum absolute atomic E-state index is 12.6. The van der Waals surface area contributed by atoms with Crippen molar-refractivity contribution in [3.63, 3.8) is 0 Å². The predicted octanol–water partition coefficient (Wildman–Crippen LogP) is 4.57. The maximum Gasteiger partial charge on any atom is 0.261 e. The van der Waals surface area contributed by atoms with Gasteiger partial charge in [-0.2, -0.15) is 0 Å². The quantitative estimate of drug-likeness (QED) is 0.549. The van der Waals surface area contributed by atoms with Crippen LogP contribution in [0, 0.1) is 0 Å². The van der Waals surface area contributed by atoms with E-state index in [9.17, 15) is 4.79 Å². The highest BCUT2D eigenvalue weighted by Crippen LogP contribution is 2.23. The molecule has 1 aliphatic rings. The zero-order valence-corrected chi connectivity index (χ0v) is 16.5. The number of carbonyl (C=O) groups is 1. The van der Waals surface area contributed by atoms with E-state index in [-0.39, 0.29) is 5.91 Å². The highest BCUT2D eigenvalue weighted by Gasteiger charge is 2.17. The van der Waals surface area contributed by atoms with Gasteiger partial charge >= 0.3 is 0 Å². The second-order valence-corrected chi connectivity index (χ2v) is 7.43. The van der Waals surface area contributed by atoms with Gasteiger partial charge in [-0.05, 0) is 49.7 Å². The van der Waals surface area contributed by atoms with Gasteiger partial charge in [0.1, 0.15) is 5.75 Å². The molecular weight excluding hydrogens is 388 g/mol. The van der Waals surface area contributed by atoms with E-state index in [0.29, 0.717) is 29.1 Å². The Morgan fingerprint density at radius 2 is 2.00 bits per heavy atom. The molecule has 0 atom stereocenters. The molecule has 1 aliphatic carbocycles. The van der Waals surface area contributed by atoms with E-state index in [0.717, 1.165) is 23.7 Å². The van der Waals surface area contributed by atoms with Crippen molar-refractivity contribution < 1.29 is 9.53 Å². The molecule has 0 saturated heterocycles. The minimum atomic E-state index is -0.242. The third-order valence-electron chi connectivity index (χ3n) is 4.07. The molecule has 24 heavy (non-hydrogen) atoms. The van der Waals surface area contributed by atoms with E-state index >= 15 is 0 Å². The van der Waals surface area contributed by atoms with Crippen molar-refractivity contribution in [2.75, 3.05) is 6.61 Å². The van der Waals surface area contributed by atoms with Crippen molar-refractivity contribution >= 4 is 39.2 Å². The Hall–Kier alpha value is -1.14. The summed E-state index contributed by atoms with van der Waals surface area (Å²) in [6, 6.07) is 5.79. The number of thiocarbonyl (C=S) groups is 1. The summed E-state index contributed by atoms with van der Waals surface area (Å²) in [5.41, 5.74) is 0.489. The Morgan fingerprint density at radius 3 is 2.67 bits per heavy atom. The van der Waals surface area contributed by atoms with Gasteiger partial charge in [0.15, 0.2) is 5.11 Å². The summed E-state index contributed by atoms with van der Waals surface area (Å²) in [5, 5.41) is 6.47. The molecule has 0 aliphatic heterocycles. The normalized spacial score (nSPS) is 15.4. The van der Waals surface area contributed by atoms with Crippen molar-refractivity contribution in [3.05, 3.63) is 28.2 Å². The summed E-state index contributed by atoms with van der Waals surface area (Å²) < 4.78 is 6.50. The SMILES string of the molecule is CCCOc1ccc(Br)cc1C(=O)NC(=S)NC1CCCCCC1. The Kier molecular flexibility index (Phi) is 7.99. The van der Waals surface area contributed by atoms with Gasteiger partial charge in [0.25, 0.3) is 5.91 Å². The van der Waals surface area contributed by atoms with Crippen LogP contribution in [0.5, 0.6) is 5.75 Å². The van der Waals surface area contributed by atoms with Crippen molar-refractivity contribution in [1.29, 1.82) is 0 Å². The lowest BCUT2D eigenvalue weighted by Gasteiger charge is -2.19. The highest BCUT2D eigenvalue weighted by atomic mass is 79.9. The fourth-order valence-corrected chi connectivity index (χ4v) is 3.45. The zero-order chi connectivity index (χ0) is 17.4. The first-order chi connectivity index (χ1) is 11.6. The Balaban J connectivity index is 1.97. The summed E-state index contributed by atoms with van der Waals surface area (Å²) >= 11 is 8.73. The fraction of sp³-hybridized carbons (Fsp3) is 0.556. The standard InChI is InChI=1S/C18H25BrN2O2S/c1-2-11-23-16-10-9-13(19)12-15(16)17(22)21-18(24)20-14-7-5-3-4-6-8-14/h9-10,12,14H,2-8,11H2,1H3,(H2,20,21,22,24). The second-order valence-electron chi connectivity index (χ2n) is 6.11. The van der Waals surface area contributed by atoms with Gasteiger partial charge in [-0.15, -0.1) is 0 Å². The topological polar surface area (TPSA) is 50.4 Å². The minimum Gasteiger partial charge on any atom is -0.493 e. The molecule has 1 saturated carbocycles. The van der Waals surface area contributed by atoms with Crippen LogP contribution in [0.2, 0.25) is 0 Å². The number of amides is 1. The lowest BCUT2D eigenvalue weighted by molar-refractivity contribution is 0.0972. The maximum atomic E-state index is 12.6. The lowest BCUT2D eigenvalue weighted by Crippen LogP contribution is -2.44. The summed E-state index contributed by atoms with van der Waals surface area (Å²) in [5.74, 6) is 0.336. The molecule has 0 aromatic heterocycles. The van der Waals surface area contributed by atoms with E-state index in [1.165, 1.54) is 25.7 Å². The number of benzene rings is 1. The predicted molar refractivity (Wildman–Crippen MR) is 105 cm³/mol. The van der Waals surface area contributed by atoms with Gasteiger partial charge in [-0.25, -0.2) is 0 Å². The zero-order valence-electron chi connectivity index (χ0n) is 14.1. The number of hydrogen-bond donors (Lipinski definition) is 2. The van der Waals surface area contributed by atoms with Gasteiger partial charge < -0.3 is 10.1 Å². The first-order valence-corrected chi connectivity index (χ1v) is 9.84. The first-order valence-electron chi connectivity index (χ1n) is 8.64. The van der Waals surface area contributed by atoms with Gasteiger partial charge in [0.05, 0.1) is 12.2 Å². The van der Waals surface area contributed by atoms with Crippen LogP contribution in [0.15, 0.2) is 22.7 Å². The van der Waals surface area contributed by atoms with Gasteiger partial charge in [0.2, 0.25) is 0 Å². The van der Waals surface area contributed by atoms with Crippen LogP contribution in [-0.2, 0) is 0 Å². The number of halogens is 1. The van der Waals surface area contributed by atoms with Crippen molar-refractivity contribution in [2.45, 2.75) is 57.9 Å². The largest absolute Gasteiger partial charge is 0.493 e. The fourth-order valence-electron chi connectivity index (χ4n) is 2.83. The van der Waals surface area contributed by atoms with E-state index in [4.69, 9.17) is 17.0 Å². The van der Waals surface area contributed by atoms with E-state index in [2.05, 4.69) is 26.6 Å². The van der Waals surface area contributed by atoms with Crippen LogP contribution < -0.4 is 15.4 Å². The number of rotatable bonds is 5. The molecular formula is C18H25BrN2O2S. The van der Waals surface area contributed by atoms with Gasteiger partial charge in [-0.1, -0.05) is 48.5 Å². The highest BCUT2D eigenvalue weighted by molar-refractivity contribution is 9.10. The van der Waals surface area contributed by atoms with Crippen LogP contribution in [0.3, 0.4) is 0 Å². The molecule has 0 unspecified atom stereocenters. The molecule has 1 amide bonds. The first kappa shape index (κ1) is 19.2. The Morgan fingerprint density at radius 1 is 1.29 bits per heavy atom. The summed E-state index contributed by atoms with van der Waals surface area (Å²) in [7, 11) is 0. The van der Waals surface area contributed by atoms with Gasteiger partial charge in [-0.3, -0.25) is 10.1 Å². The summed E-state index contributed by atoms with van der Waals surface area (Å²) in [6.07, 6.45) is 8.11. The van der Waals surface area contributed by atoms with Gasteiger partial charge in [0, 0.05) is 10.5 Å². The summed E-state index contributed by atoms with van der Waals surface area (Å²) in [4.78, 5) is 12.6. The number of ether oxygens (including phenoxy) is 1. The van der Waals surface area contributed by atoms with Crippen molar-refractivity contribution in [1.82, 2.24) is 10.6 Å². The van der Waals surface area contributed by atoms with Crippen LogP contribution in [0.1, 0.15) is 62.2 Å². The monoisotopic (exact) mass is 412 g/mol. The smallest absolute Gasteiger partial charge is 0.261 e. The third-order valence-corrected chi connectivity index (χ3v) is 4.78. The average molecular weight is 413 g/mol. The Labute approximate surface area is 157 Å². The van der Waals surface area contributed by atoms with Crippen molar-refractivity contribution in [2.24, 2.45) is 0 Å².